The molecule has 1 aromatic carbocycles. The molecule has 1 saturated heterocycles. The zero-order valence-corrected chi connectivity index (χ0v) is 11.7. The lowest BCUT2D eigenvalue weighted by molar-refractivity contribution is -0.121. The summed E-state index contributed by atoms with van der Waals surface area (Å²) in [5, 5.41) is 2.80. The molecule has 20 heavy (non-hydrogen) atoms. The molecular formula is C14H16ClFN2O2. The summed E-state index contributed by atoms with van der Waals surface area (Å²) in [7, 11) is 0. The van der Waals surface area contributed by atoms with Crippen molar-refractivity contribution in [3.8, 4) is 0 Å². The average Bonchev–Trinajstić information content (AvgIpc) is 2.77. The summed E-state index contributed by atoms with van der Waals surface area (Å²) in [5.74, 6) is -0.167. The Morgan fingerprint density at radius 2 is 2.30 bits per heavy atom. The molecule has 4 nitrogen and oxygen atoms in total. The Morgan fingerprint density at radius 1 is 1.50 bits per heavy atom. The first-order valence-corrected chi connectivity index (χ1v) is 7.05. The Morgan fingerprint density at radius 3 is 3.00 bits per heavy atom. The summed E-state index contributed by atoms with van der Waals surface area (Å²) in [5.41, 5.74) is 0.521. The summed E-state index contributed by atoms with van der Waals surface area (Å²) in [6.07, 6.45) is 1.21. The van der Waals surface area contributed by atoms with E-state index in [9.17, 15) is 14.0 Å². The molecule has 0 radical (unpaired) electrons. The van der Waals surface area contributed by atoms with Gasteiger partial charge >= 0.3 is 0 Å². The maximum atomic E-state index is 13.2. The molecule has 1 heterocycles. The van der Waals surface area contributed by atoms with Crippen LogP contribution in [0.3, 0.4) is 0 Å². The summed E-state index contributed by atoms with van der Waals surface area (Å²) in [6, 6.07) is 5.65. The summed E-state index contributed by atoms with van der Waals surface area (Å²) in [4.78, 5) is 25.0. The minimum absolute atomic E-state index is 0.107. The highest BCUT2D eigenvalue weighted by Crippen LogP contribution is 2.22. The normalized spacial score (nSPS) is 18.4. The van der Waals surface area contributed by atoms with Gasteiger partial charge in [0, 0.05) is 31.0 Å². The third kappa shape index (κ3) is 3.70. The molecular weight excluding hydrogens is 283 g/mol. The van der Waals surface area contributed by atoms with Gasteiger partial charge in [0.2, 0.25) is 11.8 Å². The van der Waals surface area contributed by atoms with Gasteiger partial charge in [-0.15, -0.1) is 11.6 Å². The maximum Gasteiger partial charge on any atom is 0.229 e. The fourth-order valence-electron chi connectivity index (χ4n) is 2.23. The van der Waals surface area contributed by atoms with Crippen molar-refractivity contribution < 1.29 is 14.0 Å². The minimum atomic E-state index is -0.384. The van der Waals surface area contributed by atoms with E-state index in [2.05, 4.69) is 5.32 Å². The Balaban J connectivity index is 1.95. The largest absolute Gasteiger partial charge is 0.351 e. The second-order valence-corrected chi connectivity index (χ2v) is 5.12. The molecule has 0 bridgehead atoms. The first kappa shape index (κ1) is 14.8. The number of halogens is 2. The standard InChI is InChI=1S/C14H16ClFN2O2/c15-6-2-5-13(19)17-11-8-14(20)18(9-11)12-4-1-3-10(16)7-12/h1,3-4,7,11H,2,5-6,8-9H2,(H,17,19)/t11-/m1/s1. The molecule has 0 unspecified atom stereocenters. The Kier molecular flexibility index (Phi) is 4.95. The lowest BCUT2D eigenvalue weighted by Gasteiger charge is -2.17. The molecule has 108 valence electrons. The molecule has 0 aliphatic carbocycles. The Bertz CT molecular complexity index is 510. The number of nitrogens with zero attached hydrogens (tertiary/aromatic N) is 1. The van der Waals surface area contributed by atoms with E-state index in [0.717, 1.165) is 0 Å². The number of amides is 2. The molecule has 2 rings (SSSR count). The number of benzene rings is 1. The smallest absolute Gasteiger partial charge is 0.229 e. The molecule has 1 aliphatic heterocycles. The molecule has 1 atom stereocenters. The van der Waals surface area contributed by atoms with E-state index in [0.29, 0.717) is 31.0 Å². The van der Waals surface area contributed by atoms with Gasteiger partial charge in [0.15, 0.2) is 0 Å². The topological polar surface area (TPSA) is 49.4 Å². The average molecular weight is 299 g/mol. The first-order valence-electron chi connectivity index (χ1n) is 6.51. The molecule has 6 heteroatoms. The summed E-state index contributed by atoms with van der Waals surface area (Å²) >= 11 is 5.53. The van der Waals surface area contributed by atoms with Crippen LogP contribution in [0.15, 0.2) is 24.3 Å². The van der Waals surface area contributed by atoms with E-state index in [-0.39, 0.29) is 30.1 Å². The molecule has 1 aromatic rings. The van der Waals surface area contributed by atoms with E-state index in [1.165, 1.54) is 17.0 Å². The van der Waals surface area contributed by atoms with Crippen LogP contribution in [0, 0.1) is 5.82 Å². The zero-order chi connectivity index (χ0) is 14.5. The van der Waals surface area contributed by atoms with Gasteiger partial charge in [0.05, 0.1) is 6.04 Å². The van der Waals surface area contributed by atoms with Crippen LogP contribution in [0.5, 0.6) is 0 Å². The van der Waals surface area contributed by atoms with Gasteiger partial charge in [-0.25, -0.2) is 4.39 Å². The Hall–Kier alpha value is -1.62. The predicted molar refractivity (Wildman–Crippen MR) is 75.3 cm³/mol. The van der Waals surface area contributed by atoms with Gasteiger partial charge in [-0.05, 0) is 24.6 Å². The fraction of sp³-hybridized carbons (Fsp3) is 0.429. The lowest BCUT2D eigenvalue weighted by atomic mass is 10.2. The van der Waals surface area contributed by atoms with E-state index in [1.54, 1.807) is 12.1 Å². The van der Waals surface area contributed by atoms with Gasteiger partial charge in [0.25, 0.3) is 0 Å². The fourth-order valence-corrected chi connectivity index (χ4v) is 2.36. The Labute approximate surface area is 121 Å². The van der Waals surface area contributed by atoms with Crippen molar-refractivity contribution >= 4 is 29.1 Å². The highest BCUT2D eigenvalue weighted by molar-refractivity contribution is 6.17. The number of alkyl halides is 1. The van der Waals surface area contributed by atoms with Crippen molar-refractivity contribution in [2.45, 2.75) is 25.3 Å². The molecule has 1 aliphatic rings. The van der Waals surface area contributed by atoms with Gasteiger partial charge in [-0.2, -0.15) is 0 Å². The number of hydrogen-bond acceptors (Lipinski definition) is 2. The molecule has 2 amide bonds. The van der Waals surface area contributed by atoms with Crippen molar-refractivity contribution in [1.82, 2.24) is 5.32 Å². The number of carbonyl (C=O) groups is 2. The van der Waals surface area contributed by atoms with E-state index < -0.39 is 0 Å². The monoisotopic (exact) mass is 298 g/mol. The number of hydrogen-bond donors (Lipinski definition) is 1. The van der Waals surface area contributed by atoms with Gasteiger partial charge in [-0.1, -0.05) is 6.07 Å². The SMILES string of the molecule is O=C(CCCCl)N[C@@H]1CC(=O)N(c2cccc(F)c2)C1. The van der Waals surface area contributed by atoms with Crippen molar-refractivity contribution in [2.24, 2.45) is 0 Å². The zero-order valence-electron chi connectivity index (χ0n) is 10.9. The number of anilines is 1. The van der Waals surface area contributed by atoms with Crippen LogP contribution >= 0.6 is 11.6 Å². The molecule has 0 aromatic heterocycles. The third-order valence-electron chi connectivity index (χ3n) is 3.15. The van der Waals surface area contributed by atoms with Crippen molar-refractivity contribution in [3.05, 3.63) is 30.1 Å². The molecule has 0 saturated carbocycles. The van der Waals surface area contributed by atoms with E-state index >= 15 is 0 Å². The van der Waals surface area contributed by atoms with Crippen LogP contribution < -0.4 is 10.2 Å². The number of nitrogens with one attached hydrogen (secondary N) is 1. The van der Waals surface area contributed by atoms with Crippen molar-refractivity contribution in [2.75, 3.05) is 17.3 Å². The van der Waals surface area contributed by atoms with Crippen LogP contribution in [-0.4, -0.2) is 30.3 Å². The third-order valence-corrected chi connectivity index (χ3v) is 3.41. The van der Waals surface area contributed by atoms with Crippen LogP contribution in [0.25, 0.3) is 0 Å². The molecule has 1 fully saturated rings. The van der Waals surface area contributed by atoms with Gasteiger partial charge < -0.3 is 10.2 Å². The highest BCUT2D eigenvalue weighted by atomic mass is 35.5. The summed E-state index contributed by atoms with van der Waals surface area (Å²) < 4.78 is 13.2. The summed E-state index contributed by atoms with van der Waals surface area (Å²) in [6.45, 7) is 0.370. The van der Waals surface area contributed by atoms with E-state index in [4.69, 9.17) is 11.6 Å². The quantitative estimate of drug-likeness (QED) is 0.846. The molecule has 1 N–H and O–H groups in total. The predicted octanol–water partition coefficient (Wildman–Crippen LogP) is 2.07. The molecule has 0 spiro atoms. The number of rotatable bonds is 5. The lowest BCUT2D eigenvalue weighted by Crippen LogP contribution is -2.37. The van der Waals surface area contributed by atoms with E-state index in [1.807, 2.05) is 0 Å². The van der Waals surface area contributed by atoms with Crippen molar-refractivity contribution in [1.29, 1.82) is 0 Å². The van der Waals surface area contributed by atoms with Crippen LogP contribution in [-0.2, 0) is 9.59 Å². The van der Waals surface area contributed by atoms with Crippen LogP contribution in [0.2, 0.25) is 0 Å². The first-order chi connectivity index (χ1) is 9.60. The van der Waals surface area contributed by atoms with Crippen LogP contribution in [0.4, 0.5) is 10.1 Å². The van der Waals surface area contributed by atoms with Gasteiger partial charge in [0.1, 0.15) is 5.82 Å². The number of carbonyl (C=O) groups excluding carboxylic acids is 2. The second-order valence-electron chi connectivity index (χ2n) is 4.75. The highest BCUT2D eigenvalue weighted by Gasteiger charge is 2.31. The van der Waals surface area contributed by atoms with Gasteiger partial charge in [-0.3, -0.25) is 9.59 Å². The minimum Gasteiger partial charge on any atom is -0.351 e. The second kappa shape index (κ2) is 6.70. The van der Waals surface area contributed by atoms with Crippen molar-refractivity contribution in [3.63, 3.8) is 0 Å². The van der Waals surface area contributed by atoms with Crippen LogP contribution in [0.1, 0.15) is 19.3 Å². The maximum absolute atomic E-state index is 13.2.